The van der Waals surface area contributed by atoms with Gasteiger partial charge in [0.2, 0.25) is 0 Å². The molecule has 0 unspecified atom stereocenters. The fourth-order valence-electron chi connectivity index (χ4n) is 4.06. The molecule has 0 saturated heterocycles. The van der Waals surface area contributed by atoms with Crippen molar-refractivity contribution in [3.63, 3.8) is 0 Å². The number of nitrogens with zero attached hydrogens (tertiary/aromatic N) is 2. The molecule has 142 valence electrons. The first kappa shape index (κ1) is 21.5. The van der Waals surface area contributed by atoms with Crippen molar-refractivity contribution in [2.45, 2.75) is 65.5 Å². The zero-order valence-electron chi connectivity index (χ0n) is 17.2. The lowest BCUT2D eigenvalue weighted by Crippen LogP contribution is -2.48. The summed E-state index contributed by atoms with van der Waals surface area (Å²) in [5.74, 6) is 1.01. The van der Waals surface area contributed by atoms with Gasteiger partial charge in [-0.1, -0.05) is 38.1 Å². The highest BCUT2D eigenvalue weighted by Gasteiger charge is 2.35. The number of amides is 1. The molecule has 1 rings (SSSR count). The molecular weight excluding hydrogens is 312 g/mol. The van der Waals surface area contributed by atoms with Gasteiger partial charge in [0.05, 0.1) is 5.54 Å². The number of benzene rings is 1. The monoisotopic (exact) mass is 348 g/mol. The first-order chi connectivity index (χ1) is 11.5. The van der Waals surface area contributed by atoms with E-state index >= 15 is 0 Å². The SMILES string of the molecule is CC[C@@H](c1cccc(C(C)(C)N(C(=O)O)C(C)C)c1)[C@@H](C)CN(C)C. The van der Waals surface area contributed by atoms with Crippen LogP contribution in [0.3, 0.4) is 0 Å². The van der Waals surface area contributed by atoms with Crippen LogP contribution in [0.4, 0.5) is 4.79 Å². The molecule has 1 aromatic rings. The lowest BCUT2D eigenvalue weighted by Gasteiger charge is -2.40. The molecule has 4 nitrogen and oxygen atoms in total. The van der Waals surface area contributed by atoms with Crippen LogP contribution in [0.25, 0.3) is 0 Å². The van der Waals surface area contributed by atoms with Gasteiger partial charge in [-0.15, -0.1) is 0 Å². The van der Waals surface area contributed by atoms with E-state index < -0.39 is 11.6 Å². The van der Waals surface area contributed by atoms with Crippen LogP contribution in [-0.2, 0) is 5.54 Å². The quantitative estimate of drug-likeness (QED) is 0.719. The summed E-state index contributed by atoms with van der Waals surface area (Å²) in [5, 5.41) is 9.67. The van der Waals surface area contributed by atoms with Gasteiger partial charge in [-0.25, -0.2) is 4.79 Å². The Labute approximate surface area is 153 Å². The normalized spacial score (nSPS) is 14.6. The summed E-state index contributed by atoms with van der Waals surface area (Å²) in [5.41, 5.74) is 1.78. The van der Waals surface area contributed by atoms with Gasteiger partial charge in [0.15, 0.2) is 0 Å². The van der Waals surface area contributed by atoms with E-state index in [0.29, 0.717) is 11.8 Å². The minimum absolute atomic E-state index is 0.0780. The minimum atomic E-state index is -0.876. The highest BCUT2D eigenvalue weighted by atomic mass is 16.4. The number of rotatable bonds is 8. The fraction of sp³-hybridized carbons (Fsp3) is 0.667. The Balaban J connectivity index is 3.24. The van der Waals surface area contributed by atoms with Crippen molar-refractivity contribution in [3.8, 4) is 0 Å². The molecule has 0 heterocycles. The van der Waals surface area contributed by atoms with Crippen molar-refractivity contribution in [1.82, 2.24) is 9.80 Å². The second-order valence-corrected chi connectivity index (χ2v) is 8.19. The summed E-state index contributed by atoms with van der Waals surface area (Å²) in [4.78, 5) is 15.6. The molecule has 0 saturated carbocycles. The van der Waals surface area contributed by atoms with Gasteiger partial charge in [-0.3, -0.25) is 4.90 Å². The predicted molar refractivity (Wildman–Crippen MR) is 105 cm³/mol. The number of hydrogen-bond acceptors (Lipinski definition) is 2. The van der Waals surface area contributed by atoms with E-state index in [0.717, 1.165) is 18.5 Å². The standard InChI is InChI=1S/C21H36N2O2/c1-9-19(16(4)14-22(7)8)17-11-10-12-18(13-17)21(5,6)23(15(2)3)20(24)25/h10-13,15-16,19H,9,14H2,1-8H3,(H,24,25)/t16-,19+/m0/s1. The molecule has 0 bridgehead atoms. The van der Waals surface area contributed by atoms with Crippen LogP contribution in [0.15, 0.2) is 24.3 Å². The summed E-state index contributed by atoms with van der Waals surface area (Å²) in [7, 11) is 4.21. The van der Waals surface area contributed by atoms with Crippen molar-refractivity contribution in [2.24, 2.45) is 5.92 Å². The maximum Gasteiger partial charge on any atom is 0.408 e. The van der Waals surface area contributed by atoms with Gasteiger partial charge in [-0.2, -0.15) is 0 Å². The maximum absolute atomic E-state index is 11.8. The number of carbonyl (C=O) groups is 1. The van der Waals surface area contributed by atoms with E-state index in [4.69, 9.17) is 0 Å². The predicted octanol–water partition coefficient (Wildman–Crippen LogP) is 5.00. The van der Waals surface area contributed by atoms with Crippen LogP contribution < -0.4 is 0 Å². The zero-order chi connectivity index (χ0) is 19.4. The Kier molecular flexibility index (Phi) is 7.48. The molecule has 0 spiro atoms. The Morgan fingerprint density at radius 2 is 1.80 bits per heavy atom. The first-order valence-electron chi connectivity index (χ1n) is 9.29. The third kappa shape index (κ3) is 5.21. The topological polar surface area (TPSA) is 43.8 Å². The van der Waals surface area contributed by atoms with E-state index in [9.17, 15) is 9.90 Å². The van der Waals surface area contributed by atoms with E-state index in [2.05, 4.69) is 51.0 Å². The largest absolute Gasteiger partial charge is 0.465 e. The van der Waals surface area contributed by atoms with Crippen LogP contribution in [0.5, 0.6) is 0 Å². The molecule has 1 amide bonds. The molecule has 0 aliphatic carbocycles. The maximum atomic E-state index is 11.8. The fourth-order valence-corrected chi connectivity index (χ4v) is 4.06. The van der Waals surface area contributed by atoms with Gasteiger partial charge < -0.3 is 10.0 Å². The molecular formula is C21H36N2O2. The lowest BCUT2D eigenvalue weighted by molar-refractivity contribution is 0.0707. The summed E-state index contributed by atoms with van der Waals surface area (Å²) < 4.78 is 0. The van der Waals surface area contributed by atoms with Crippen molar-refractivity contribution in [3.05, 3.63) is 35.4 Å². The third-order valence-electron chi connectivity index (χ3n) is 5.13. The van der Waals surface area contributed by atoms with Crippen molar-refractivity contribution in [1.29, 1.82) is 0 Å². The minimum Gasteiger partial charge on any atom is -0.465 e. The van der Waals surface area contributed by atoms with E-state index in [1.165, 1.54) is 10.5 Å². The Bertz CT molecular complexity index is 567. The second kappa shape index (κ2) is 8.70. The smallest absolute Gasteiger partial charge is 0.408 e. The third-order valence-corrected chi connectivity index (χ3v) is 5.13. The average Bonchev–Trinajstić information content (AvgIpc) is 2.46. The van der Waals surface area contributed by atoms with E-state index in [-0.39, 0.29) is 6.04 Å². The molecule has 1 N–H and O–H groups in total. The van der Waals surface area contributed by atoms with Crippen molar-refractivity contribution in [2.75, 3.05) is 20.6 Å². The van der Waals surface area contributed by atoms with Crippen LogP contribution in [0.2, 0.25) is 0 Å². The molecule has 0 fully saturated rings. The van der Waals surface area contributed by atoms with Gasteiger partial charge in [0, 0.05) is 12.6 Å². The van der Waals surface area contributed by atoms with Crippen molar-refractivity contribution >= 4 is 6.09 Å². The molecule has 0 radical (unpaired) electrons. The summed E-state index contributed by atoms with van der Waals surface area (Å²) in [6.45, 7) is 13.4. The Hall–Kier alpha value is -1.55. The van der Waals surface area contributed by atoms with Crippen LogP contribution >= 0.6 is 0 Å². The summed E-state index contributed by atoms with van der Waals surface area (Å²) >= 11 is 0. The number of hydrogen-bond donors (Lipinski definition) is 1. The molecule has 25 heavy (non-hydrogen) atoms. The lowest BCUT2D eigenvalue weighted by atomic mass is 9.82. The highest BCUT2D eigenvalue weighted by Crippen LogP contribution is 2.34. The van der Waals surface area contributed by atoms with E-state index in [1.807, 2.05) is 33.8 Å². The molecule has 4 heteroatoms. The average molecular weight is 349 g/mol. The summed E-state index contributed by atoms with van der Waals surface area (Å²) in [6, 6.07) is 8.42. The Morgan fingerprint density at radius 1 is 1.20 bits per heavy atom. The van der Waals surface area contributed by atoms with Crippen molar-refractivity contribution < 1.29 is 9.90 Å². The molecule has 2 atom stereocenters. The van der Waals surface area contributed by atoms with Gasteiger partial charge in [0.25, 0.3) is 0 Å². The Morgan fingerprint density at radius 3 is 2.24 bits per heavy atom. The molecule has 1 aromatic carbocycles. The van der Waals surface area contributed by atoms with E-state index in [1.54, 1.807) is 0 Å². The number of carboxylic acid groups (broad SMARTS) is 1. The van der Waals surface area contributed by atoms with Crippen LogP contribution in [0, 0.1) is 5.92 Å². The zero-order valence-corrected chi connectivity index (χ0v) is 17.2. The van der Waals surface area contributed by atoms with Gasteiger partial charge >= 0.3 is 6.09 Å². The summed E-state index contributed by atoms with van der Waals surface area (Å²) in [6.07, 6.45) is 0.199. The van der Waals surface area contributed by atoms with Crippen LogP contribution in [-0.4, -0.2) is 47.7 Å². The van der Waals surface area contributed by atoms with Gasteiger partial charge in [0.1, 0.15) is 0 Å². The molecule has 0 aromatic heterocycles. The van der Waals surface area contributed by atoms with Crippen LogP contribution in [0.1, 0.15) is 65.0 Å². The highest BCUT2D eigenvalue weighted by molar-refractivity contribution is 5.67. The first-order valence-corrected chi connectivity index (χ1v) is 9.29. The molecule has 0 aliphatic rings. The second-order valence-electron chi connectivity index (χ2n) is 8.19. The van der Waals surface area contributed by atoms with Gasteiger partial charge in [-0.05, 0) is 71.2 Å². The molecule has 0 aliphatic heterocycles.